The number of hydrogen-bond donors (Lipinski definition) is 2. The topological polar surface area (TPSA) is 67.8 Å². The summed E-state index contributed by atoms with van der Waals surface area (Å²) in [6.45, 7) is 2.32. The van der Waals surface area contributed by atoms with Crippen molar-refractivity contribution in [1.29, 1.82) is 0 Å². The van der Waals surface area contributed by atoms with Crippen LogP contribution in [0.5, 0.6) is 0 Å². The second-order valence-corrected chi connectivity index (χ2v) is 2.53. The van der Waals surface area contributed by atoms with Crippen LogP contribution in [-0.2, 0) is 14.3 Å². The van der Waals surface area contributed by atoms with Crippen LogP contribution in [-0.4, -0.2) is 44.2 Å². The number of carbonyl (C=O) groups excluding carboxylic acids is 1. The molecule has 0 spiro atoms. The van der Waals surface area contributed by atoms with Crippen molar-refractivity contribution < 1.29 is 19.4 Å². The van der Waals surface area contributed by atoms with Gasteiger partial charge in [-0.05, 0) is 0 Å². The first-order valence-corrected chi connectivity index (χ1v) is 4.20. The largest absolute Gasteiger partial charge is 0.396 e. The summed E-state index contributed by atoms with van der Waals surface area (Å²) in [6, 6.07) is 0. The molecular weight excluding hydrogens is 174 g/mol. The van der Waals surface area contributed by atoms with Crippen LogP contribution in [0.1, 0.15) is 13.3 Å². The first-order valence-electron chi connectivity index (χ1n) is 4.20. The van der Waals surface area contributed by atoms with Crippen molar-refractivity contribution in [2.75, 3.05) is 26.9 Å². The number of hydrogen-bond acceptors (Lipinski definition) is 4. The molecule has 0 fully saturated rings. The predicted molar refractivity (Wildman–Crippen MR) is 47.1 cm³/mol. The molecular formula is C8H17NO4. The second-order valence-electron chi connectivity index (χ2n) is 2.53. The fraction of sp³-hybridized carbons (Fsp3) is 0.875. The van der Waals surface area contributed by atoms with E-state index in [-0.39, 0.29) is 12.5 Å². The number of ether oxygens (including phenoxy) is 2. The number of amides is 1. The molecule has 0 aliphatic heterocycles. The normalized spacial score (nSPS) is 12.5. The van der Waals surface area contributed by atoms with Crippen molar-refractivity contribution >= 4 is 5.91 Å². The fourth-order valence-corrected chi connectivity index (χ4v) is 0.792. The van der Waals surface area contributed by atoms with Crippen LogP contribution in [0.3, 0.4) is 0 Å². The van der Waals surface area contributed by atoms with Gasteiger partial charge in [-0.1, -0.05) is 0 Å². The summed E-state index contributed by atoms with van der Waals surface area (Å²) >= 11 is 0. The number of aliphatic hydroxyl groups excluding tert-OH is 1. The van der Waals surface area contributed by atoms with Gasteiger partial charge < -0.3 is 19.9 Å². The lowest BCUT2D eigenvalue weighted by Gasteiger charge is -2.14. The molecule has 1 atom stereocenters. The van der Waals surface area contributed by atoms with Crippen molar-refractivity contribution in [3.05, 3.63) is 0 Å². The van der Waals surface area contributed by atoms with Gasteiger partial charge in [-0.2, -0.15) is 0 Å². The summed E-state index contributed by atoms with van der Waals surface area (Å²) in [5, 5.41) is 11.2. The van der Waals surface area contributed by atoms with Crippen LogP contribution in [0.25, 0.3) is 0 Å². The van der Waals surface area contributed by atoms with Gasteiger partial charge in [0.25, 0.3) is 0 Å². The van der Waals surface area contributed by atoms with Crippen LogP contribution in [0.15, 0.2) is 0 Å². The summed E-state index contributed by atoms with van der Waals surface area (Å²) in [5.41, 5.74) is 0. The molecule has 2 N–H and O–H groups in total. The Bertz CT molecular complexity index is 140. The highest BCUT2D eigenvalue weighted by molar-refractivity contribution is 5.72. The molecule has 1 unspecified atom stereocenters. The van der Waals surface area contributed by atoms with E-state index >= 15 is 0 Å². The van der Waals surface area contributed by atoms with E-state index in [1.54, 1.807) is 0 Å². The fourth-order valence-electron chi connectivity index (χ4n) is 0.792. The number of rotatable bonds is 7. The Morgan fingerprint density at radius 3 is 2.77 bits per heavy atom. The molecule has 0 aromatic rings. The van der Waals surface area contributed by atoms with E-state index in [0.717, 1.165) is 0 Å². The van der Waals surface area contributed by atoms with Gasteiger partial charge >= 0.3 is 0 Å². The van der Waals surface area contributed by atoms with E-state index in [1.807, 2.05) is 0 Å². The zero-order valence-corrected chi connectivity index (χ0v) is 8.08. The molecule has 0 aliphatic carbocycles. The molecule has 0 radical (unpaired) electrons. The lowest BCUT2D eigenvalue weighted by molar-refractivity contribution is -0.133. The maximum absolute atomic E-state index is 10.4. The van der Waals surface area contributed by atoms with E-state index in [0.29, 0.717) is 19.6 Å². The van der Waals surface area contributed by atoms with Gasteiger partial charge in [0.1, 0.15) is 0 Å². The minimum atomic E-state index is -0.390. The average Bonchev–Trinajstić information content (AvgIpc) is 2.10. The third kappa shape index (κ3) is 7.70. The van der Waals surface area contributed by atoms with E-state index in [1.165, 1.54) is 14.0 Å². The van der Waals surface area contributed by atoms with Crippen LogP contribution in [0.4, 0.5) is 0 Å². The van der Waals surface area contributed by atoms with Gasteiger partial charge in [0.2, 0.25) is 5.91 Å². The predicted octanol–water partition coefficient (Wildman–Crippen LogP) is -0.506. The molecule has 0 aromatic heterocycles. The number of carbonyl (C=O) groups is 1. The summed E-state index contributed by atoms with van der Waals surface area (Å²) in [7, 11) is 1.51. The Balaban J connectivity index is 3.32. The molecule has 0 saturated heterocycles. The quantitative estimate of drug-likeness (QED) is 0.420. The third-order valence-corrected chi connectivity index (χ3v) is 1.41. The zero-order chi connectivity index (χ0) is 10.1. The molecule has 78 valence electrons. The van der Waals surface area contributed by atoms with E-state index < -0.39 is 6.29 Å². The van der Waals surface area contributed by atoms with Crippen LogP contribution >= 0.6 is 0 Å². The smallest absolute Gasteiger partial charge is 0.216 e. The lowest BCUT2D eigenvalue weighted by Crippen LogP contribution is -2.27. The van der Waals surface area contributed by atoms with Crippen LogP contribution in [0.2, 0.25) is 0 Å². The third-order valence-electron chi connectivity index (χ3n) is 1.41. The number of methoxy groups -OCH3 is 1. The molecule has 5 heteroatoms. The van der Waals surface area contributed by atoms with Crippen molar-refractivity contribution in [3.63, 3.8) is 0 Å². The van der Waals surface area contributed by atoms with E-state index in [2.05, 4.69) is 5.32 Å². The van der Waals surface area contributed by atoms with Gasteiger partial charge in [0.05, 0.1) is 6.61 Å². The minimum Gasteiger partial charge on any atom is -0.396 e. The highest BCUT2D eigenvalue weighted by Gasteiger charge is 2.05. The summed E-state index contributed by atoms with van der Waals surface area (Å²) in [4.78, 5) is 10.4. The molecule has 1 amide bonds. The van der Waals surface area contributed by atoms with Gasteiger partial charge in [0, 0.05) is 33.6 Å². The Labute approximate surface area is 78.0 Å². The van der Waals surface area contributed by atoms with Crippen LogP contribution in [0, 0.1) is 0 Å². The SMILES string of the molecule is COC(CCO)OCCNC(C)=O. The van der Waals surface area contributed by atoms with Crippen molar-refractivity contribution in [1.82, 2.24) is 5.32 Å². The van der Waals surface area contributed by atoms with Crippen molar-refractivity contribution in [2.45, 2.75) is 19.6 Å². The Hall–Kier alpha value is -0.650. The van der Waals surface area contributed by atoms with Crippen LogP contribution < -0.4 is 5.32 Å². The second kappa shape index (κ2) is 7.97. The Morgan fingerprint density at radius 1 is 1.62 bits per heavy atom. The first-order chi connectivity index (χ1) is 6.20. The zero-order valence-electron chi connectivity index (χ0n) is 8.08. The molecule has 5 nitrogen and oxygen atoms in total. The maximum atomic E-state index is 10.4. The number of aliphatic hydroxyl groups is 1. The highest BCUT2D eigenvalue weighted by Crippen LogP contribution is 1.97. The molecule has 0 heterocycles. The average molecular weight is 191 g/mol. The maximum Gasteiger partial charge on any atom is 0.216 e. The van der Waals surface area contributed by atoms with Gasteiger partial charge in [0.15, 0.2) is 6.29 Å². The summed E-state index contributed by atoms with van der Waals surface area (Å²) < 4.78 is 10.1. The highest BCUT2D eigenvalue weighted by atomic mass is 16.7. The molecule has 0 saturated carbocycles. The molecule has 0 aromatic carbocycles. The van der Waals surface area contributed by atoms with Crippen molar-refractivity contribution in [3.8, 4) is 0 Å². The van der Waals surface area contributed by atoms with E-state index in [4.69, 9.17) is 14.6 Å². The minimum absolute atomic E-state index is 0.0264. The van der Waals surface area contributed by atoms with Crippen molar-refractivity contribution in [2.24, 2.45) is 0 Å². The van der Waals surface area contributed by atoms with Gasteiger partial charge in [-0.25, -0.2) is 0 Å². The Kier molecular flexibility index (Phi) is 7.57. The Morgan fingerprint density at radius 2 is 2.31 bits per heavy atom. The molecule has 0 rings (SSSR count). The standard InChI is InChI=1S/C8H17NO4/c1-7(11)9-4-6-13-8(12-2)3-5-10/h8,10H,3-6H2,1-2H3,(H,9,11). The molecule has 0 bridgehead atoms. The number of nitrogens with one attached hydrogen (secondary N) is 1. The van der Waals surface area contributed by atoms with E-state index in [9.17, 15) is 4.79 Å². The van der Waals surface area contributed by atoms with Gasteiger partial charge in [-0.15, -0.1) is 0 Å². The molecule has 0 aliphatic rings. The van der Waals surface area contributed by atoms with Gasteiger partial charge in [-0.3, -0.25) is 4.79 Å². The lowest BCUT2D eigenvalue weighted by atomic mass is 10.4. The summed E-state index contributed by atoms with van der Waals surface area (Å²) in [6.07, 6.45) is 0.0510. The monoisotopic (exact) mass is 191 g/mol. The first kappa shape index (κ1) is 12.3. The molecule has 13 heavy (non-hydrogen) atoms. The summed E-state index contributed by atoms with van der Waals surface area (Å²) in [5.74, 6) is -0.0836.